The molecule has 0 spiro atoms. The lowest BCUT2D eigenvalue weighted by Crippen LogP contribution is -2.39. The average Bonchev–Trinajstić information content (AvgIpc) is 2.62. The van der Waals surface area contributed by atoms with E-state index in [-0.39, 0.29) is 0 Å². The Morgan fingerprint density at radius 2 is 2.04 bits per heavy atom. The maximum Gasteiger partial charge on any atom is 0.316 e. The van der Waals surface area contributed by atoms with Gasteiger partial charge in [-0.2, -0.15) is 0 Å². The van der Waals surface area contributed by atoms with Crippen molar-refractivity contribution >= 4 is 0 Å². The molecule has 0 aliphatic carbocycles. The van der Waals surface area contributed by atoms with Crippen LogP contribution in [0.2, 0.25) is 0 Å². The maximum atomic E-state index is 9.61. The summed E-state index contributed by atoms with van der Waals surface area (Å²) in [6.45, 7) is 2.01. The largest absolute Gasteiger partial charge is 0.508 e. The van der Waals surface area contributed by atoms with Crippen LogP contribution in [0.25, 0.3) is 0 Å². The Hall–Kier alpha value is -2.14. The molecule has 0 amide bonds. The SMILES string of the molecule is COc1ncc(CN2CCCCC2CCc2cccc(O)c2)cn1. The Bertz CT molecular complexity index is 645. The highest BCUT2D eigenvalue weighted by atomic mass is 16.5. The highest BCUT2D eigenvalue weighted by Gasteiger charge is 2.22. The monoisotopic (exact) mass is 327 g/mol. The minimum atomic E-state index is 0.350. The van der Waals surface area contributed by atoms with E-state index in [1.54, 1.807) is 13.2 Å². The predicted octanol–water partition coefficient (Wildman–Crippen LogP) is 3.18. The van der Waals surface area contributed by atoms with Crippen LogP contribution in [0.15, 0.2) is 36.7 Å². The van der Waals surface area contributed by atoms with Crippen molar-refractivity contribution in [3.8, 4) is 11.8 Å². The smallest absolute Gasteiger partial charge is 0.316 e. The molecule has 0 saturated carbocycles. The molecule has 1 N–H and O–H groups in total. The molecule has 1 fully saturated rings. The van der Waals surface area contributed by atoms with E-state index >= 15 is 0 Å². The summed E-state index contributed by atoms with van der Waals surface area (Å²) in [5.41, 5.74) is 2.33. The van der Waals surface area contributed by atoms with Crippen molar-refractivity contribution in [2.24, 2.45) is 0 Å². The zero-order valence-electron chi connectivity index (χ0n) is 14.2. The van der Waals surface area contributed by atoms with E-state index in [1.165, 1.54) is 24.8 Å². The number of benzene rings is 1. The number of rotatable bonds is 6. The highest BCUT2D eigenvalue weighted by Crippen LogP contribution is 2.24. The lowest BCUT2D eigenvalue weighted by atomic mass is 9.95. The van der Waals surface area contributed by atoms with Gasteiger partial charge in [-0.1, -0.05) is 18.6 Å². The van der Waals surface area contributed by atoms with Crippen LogP contribution in [-0.2, 0) is 13.0 Å². The van der Waals surface area contributed by atoms with Crippen LogP contribution in [0.4, 0.5) is 0 Å². The van der Waals surface area contributed by atoms with Gasteiger partial charge < -0.3 is 9.84 Å². The van der Waals surface area contributed by atoms with E-state index in [9.17, 15) is 5.11 Å². The zero-order chi connectivity index (χ0) is 16.8. The van der Waals surface area contributed by atoms with Gasteiger partial charge >= 0.3 is 6.01 Å². The summed E-state index contributed by atoms with van der Waals surface area (Å²) in [6, 6.07) is 8.58. The van der Waals surface area contributed by atoms with E-state index in [4.69, 9.17) is 4.74 Å². The summed E-state index contributed by atoms with van der Waals surface area (Å²) in [4.78, 5) is 10.9. The third kappa shape index (κ3) is 4.45. The van der Waals surface area contributed by atoms with Crippen LogP contribution in [0.3, 0.4) is 0 Å². The number of nitrogens with zero attached hydrogens (tertiary/aromatic N) is 3. The van der Waals surface area contributed by atoms with Gasteiger partial charge in [0.15, 0.2) is 0 Å². The van der Waals surface area contributed by atoms with Crippen LogP contribution in [0, 0.1) is 0 Å². The first kappa shape index (κ1) is 16.7. The molecule has 3 rings (SSSR count). The number of ether oxygens (including phenoxy) is 1. The number of phenols is 1. The van der Waals surface area contributed by atoms with Crippen molar-refractivity contribution in [2.75, 3.05) is 13.7 Å². The minimum absolute atomic E-state index is 0.350. The first-order chi connectivity index (χ1) is 11.7. The molecule has 0 bridgehead atoms. The van der Waals surface area contributed by atoms with Crippen LogP contribution < -0.4 is 4.74 Å². The second-order valence-corrected chi connectivity index (χ2v) is 6.41. The molecular formula is C19H25N3O2. The second kappa shape index (κ2) is 8.11. The molecule has 24 heavy (non-hydrogen) atoms. The Balaban J connectivity index is 1.60. The van der Waals surface area contributed by atoms with Crippen molar-refractivity contribution in [2.45, 2.75) is 44.7 Å². The van der Waals surface area contributed by atoms with Crippen LogP contribution >= 0.6 is 0 Å². The summed E-state index contributed by atoms with van der Waals surface area (Å²) >= 11 is 0. The summed E-state index contributed by atoms with van der Waals surface area (Å²) in [7, 11) is 1.58. The fourth-order valence-electron chi connectivity index (χ4n) is 3.40. The lowest BCUT2D eigenvalue weighted by molar-refractivity contribution is 0.132. The number of aryl methyl sites for hydroxylation is 1. The quantitative estimate of drug-likeness (QED) is 0.883. The van der Waals surface area contributed by atoms with E-state index in [0.717, 1.165) is 31.5 Å². The van der Waals surface area contributed by atoms with Gasteiger partial charge in [-0.15, -0.1) is 0 Å². The Labute approximate surface area is 143 Å². The number of aromatic hydroxyl groups is 1. The number of hydrogen-bond acceptors (Lipinski definition) is 5. The maximum absolute atomic E-state index is 9.61. The number of phenolic OH excluding ortho intramolecular Hbond substituents is 1. The number of piperidine rings is 1. The minimum Gasteiger partial charge on any atom is -0.508 e. The molecular weight excluding hydrogens is 302 g/mol. The molecule has 2 aromatic rings. The molecule has 1 saturated heterocycles. The molecule has 128 valence electrons. The molecule has 5 nitrogen and oxygen atoms in total. The molecule has 5 heteroatoms. The first-order valence-electron chi connectivity index (χ1n) is 8.61. The average molecular weight is 327 g/mol. The lowest BCUT2D eigenvalue weighted by Gasteiger charge is -2.35. The Morgan fingerprint density at radius 3 is 2.79 bits per heavy atom. The van der Waals surface area contributed by atoms with E-state index in [0.29, 0.717) is 17.8 Å². The standard InChI is InChI=1S/C19H25N3O2/c1-24-19-20-12-16(13-21-19)14-22-10-3-2-6-17(22)9-8-15-5-4-7-18(23)11-15/h4-5,7,11-13,17,23H,2-3,6,8-10,14H2,1H3. The van der Waals surface area contributed by atoms with Gasteiger partial charge in [0.2, 0.25) is 0 Å². The van der Waals surface area contributed by atoms with Crippen LogP contribution in [0.1, 0.15) is 36.8 Å². The Morgan fingerprint density at radius 1 is 1.21 bits per heavy atom. The number of hydrogen-bond donors (Lipinski definition) is 1. The number of likely N-dealkylation sites (tertiary alicyclic amines) is 1. The third-order valence-corrected chi connectivity index (χ3v) is 4.68. The summed E-state index contributed by atoms with van der Waals surface area (Å²) in [5, 5.41) is 9.61. The number of aromatic nitrogens is 2. The van der Waals surface area contributed by atoms with Crippen molar-refractivity contribution in [1.29, 1.82) is 0 Å². The highest BCUT2D eigenvalue weighted by molar-refractivity contribution is 5.27. The van der Waals surface area contributed by atoms with Gasteiger partial charge in [-0.05, 0) is 49.9 Å². The summed E-state index contributed by atoms with van der Waals surface area (Å²) in [5.74, 6) is 0.350. The van der Waals surface area contributed by atoms with Gasteiger partial charge in [0.25, 0.3) is 0 Å². The van der Waals surface area contributed by atoms with Crippen molar-refractivity contribution in [3.63, 3.8) is 0 Å². The summed E-state index contributed by atoms with van der Waals surface area (Å²) in [6.07, 6.45) is 9.59. The second-order valence-electron chi connectivity index (χ2n) is 6.41. The topological polar surface area (TPSA) is 58.5 Å². The van der Waals surface area contributed by atoms with Crippen molar-refractivity contribution < 1.29 is 9.84 Å². The van der Waals surface area contributed by atoms with Gasteiger partial charge in [0.05, 0.1) is 7.11 Å². The van der Waals surface area contributed by atoms with Crippen molar-refractivity contribution in [3.05, 3.63) is 47.8 Å². The zero-order valence-corrected chi connectivity index (χ0v) is 14.2. The molecule has 1 atom stereocenters. The molecule has 1 aliphatic rings. The normalized spacial score (nSPS) is 18.5. The van der Waals surface area contributed by atoms with Gasteiger partial charge in [0.1, 0.15) is 5.75 Å². The first-order valence-corrected chi connectivity index (χ1v) is 8.61. The molecule has 1 aliphatic heterocycles. The third-order valence-electron chi connectivity index (χ3n) is 4.68. The Kier molecular flexibility index (Phi) is 5.64. The van der Waals surface area contributed by atoms with E-state index in [1.807, 2.05) is 24.5 Å². The molecule has 1 aromatic heterocycles. The van der Waals surface area contributed by atoms with Crippen molar-refractivity contribution in [1.82, 2.24) is 14.9 Å². The van der Waals surface area contributed by atoms with Gasteiger partial charge in [-0.3, -0.25) is 4.90 Å². The van der Waals surface area contributed by atoms with Gasteiger partial charge in [0, 0.05) is 30.5 Å². The van der Waals surface area contributed by atoms with E-state index < -0.39 is 0 Å². The van der Waals surface area contributed by atoms with Gasteiger partial charge in [-0.25, -0.2) is 9.97 Å². The molecule has 1 aromatic carbocycles. The molecule has 1 unspecified atom stereocenters. The fraction of sp³-hybridized carbons (Fsp3) is 0.474. The summed E-state index contributed by atoms with van der Waals surface area (Å²) < 4.78 is 5.02. The predicted molar refractivity (Wildman–Crippen MR) is 93.1 cm³/mol. The molecule has 0 radical (unpaired) electrons. The van der Waals surface area contributed by atoms with Crippen LogP contribution in [0.5, 0.6) is 11.8 Å². The van der Waals surface area contributed by atoms with Crippen LogP contribution in [-0.4, -0.2) is 39.7 Å². The fourth-order valence-corrected chi connectivity index (χ4v) is 3.40. The number of methoxy groups -OCH3 is 1. The molecule has 2 heterocycles. The van der Waals surface area contributed by atoms with E-state index in [2.05, 4.69) is 20.9 Å².